The van der Waals surface area contributed by atoms with Gasteiger partial charge in [0.15, 0.2) is 23.5 Å². The van der Waals surface area contributed by atoms with Crippen molar-refractivity contribution in [2.75, 3.05) is 27.4 Å². The lowest BCUT2D eigenvalue weighted by molar-refractivity contribution is -0.306. The molecule has 0 unspecified atom stereocenters. The van der Waals surface area contributed by atoms with Gasteiger partial charge in [0.1, 0.15) is 65.2 Å². The minimum Gasteiger partial charge on any atom is -0.507 e. The molecule has 16 nitrogen and oxygen atoms in total. The molecule has 0 spiro atoms. The Kier molecular flexibility index (Phi) is 9.17. The van der Waals surface area contributed by atoms with Gasteiger partial charge in [-0.15, -0.1) is 0 Å². The predicted molar refractivity (Wildman–Crippen MR) is 145 cm³/mol. The number of rotatable bonds is 9. The third kappa shape index (κ3) is 5.74. The van der Waals surface area contributed by atoms with Gasteiger partial charge in [0.25, 0.3) is 0 Å². The van der Waals surface area contributed by atoms with Crippen LogP contribution in [0.3, 0.4) is 0 Å². The van der Waals surface area contributed by atoms with Gasteiger partial charge in [-0.1, -0.05) is 0 Å². The number of benzene rings is 2. The number of aliphatic hydroxyl groups excluding tert-OH is 6. The molecule has 5 rings (SSSR count). The maximum absolute atomic E-state index is 13.7. The Bertz CT molecular complexity index is 1540. The van der Waals surface area contributed by atoms with Gasteiger partial charge in [-0.05, 0) is 18.2 Å². The van der Waals surface area contributed by atoms with E-state index < -0.39 is 85.4 Å². The third-order valence-electron chi connectivity index (χ3n) is 7.41. The Morgan fingerprint density at radius 3 is 2.16 bits per heavy atom. The molecule has 2 fully saturated rings. The van der Waals surface area contributed by atoms with Crippen LogP contribution in [0.15, 0.2) is 39.5 Å². The van der Waals surface area contributed by atoms with Crippen molar-refractivity contribution in [2.24, 2.45) is 0 Å². The Hall–Kier alpha value is -3.71. The average Bonchev–Trinajstić information content (AvgIpc) is 3.28. The number of phenolic OH excluding ortho intramolecular Hbond substituents is 2. The van der Waals surface area contributed by atoms with Crippen molar-refractivity contribution >= 4 is 11.0 Å². The molecule has 1 aromatic heterocycles. The molecule has 0 saturated carbocycles. The summed E-state index contributed by atoms with van der Waals surface area (Å²) in [5.74, 6) is -1.23. The molecule has 240 valence electrons. The summed E-state index contributed by atoms with van der Waals surface area (Å²) in [5, 5.41) is 81.3. The first kappa shape index (κ1) is 31.7. The van der Waals surface area contributed by atoms with Gasteiger partial charge in [0, 0.05) is 17.7 Å². The highest BCUT2D eigenvalue weighted by atomic mass is 16.7. The van der Waals surface area contributed by atoms with Gasteiger partial charge in [-0.25, -0.2) is 0 Å². The molecule has 0 radical (unpaired) electrons. The second-order valence-corrected chi connectivity index (χ2v) is 10.2. The lowest BCUT2D eigenvalue weighted by atomic mass is 9.99. The van der Waals surface area contributed by atoms with Crippen molar-refractivity contribution in [2.45, 2.75) is 55.3 Å². The van der Waals surface area contributed by atoms with Crippen LogP contribution < -0.4 is 19.6 Å². The van der Waals surface area contributed by atoms with Crippen molar-refractivity contribution in [3.8, 4) is 40.1 Å². The fourth-order valence-corrected chi connectivity index (χ4v) is 4.95. The number of aliphatic hydroxyl groups is 6. The number of ether oxygens (including phenoxy) is 6. The highest BCUT2D eigenvalue weighted by Gasteiger charge is 2.48. The van der Waals surface area contributed by atoms with Crippen LogP contribution in [0.2, 0.25) is 0 Å². The standard InChI is InChI=1S/C28H32O16/c1-38-11-6-13(31)18-15(7-11)41-25(10-3-4-12(30)14(5-10)39-2)26(21(18)34)44-28-23(36)20(33)17(43-28)9-40-27-24(37)22(35)19(32)16(8-29)42-27/h3-7,16-17,19-20,22-24,27-33,35-37H,8-9H2,1-2H3/t16-,17+,19-,20-,22+,23-,24-,27-,28-/m1/s1. The summed E-state index contributed by atoms with van der Waals surface area (Å²) in [6, 6.07) is 6.57. The average molecular weight is 625 g/mol. The second-order valence-electron chi connectivity index (χ2n) is 10.2. The Morgan fingerprint density at radius 1 is 0.795 bits per heavy atom. The smallest absolute Gasteiger partial charge is 0.239 e. The number of fused-ring (bicyclic) bond motifs is 1. The summed E-state index contributed by atoms with van der Waals surface area (Å²) >= 11 is 0. The number of aromatic hydroxyl groups is 2. The largest absolute Gasteiger partial charge is 0.507 e. The number of hydrogen-bond acceptors (Lipinski definition) is 16. The topological polar surface area (TPSA) is 247 Å². The fraction of sp³-hybridized carbons (Fsp3) is 0.464. The Morgan fingerprint density at radius 2 is 1.48 bits per heavy atom. The molecule has 2 aliphatic rings. The first-order valence-corrected chi connectivity index (χ1v) is 13.3. The molecule has 44 heavy (non-hydrogen) atoms. The van der Waals surface area contributed by atoms with Crippen LogP contribution in [0.25, 0.3) is 22.3 Å². The molecule has 0 bridgehead atoms. The first-order chi connectivity index (χ1) is 21.0. The minimum absolute atomic E-state index is 0.0302. The van der Waals surface area contributed by atoms with Gasteiger partial charge >= 0.3 is 0 Å². The third-order valence-corrected chi connectivity index (χ3v) is 7.41. The molecule has 0 aliphatic carbocycles. The van der Waals surface area contributed by atoms with Crippen molar-refractivity contribution in [1.29, 1.82) is 0 Å². The van der Waals surface area contributed by atoms with Crippen molar-refractivity contribution in [1.82, 2.24) is 0 Å². The molecule has 3 aromatic rings. The quantitative estimate of drug-likeness (QED) is 0.135. The highest BCUT2D eigenvalue weighted by molar-refractivity contribution is 5.88. The summed E-state index contributed by atoms with van der Waals surface area (Å²) in [5.41, 5.74) is -0.772. The Labute approximate surface area is 248 Å². The van der Waals surface area contributed by atoms with E-state index in [4.69, 9.17) is 32.8 Å². The van der Waals surface area contributed by atoms with Crippen molar-refractivity contribution < 1.29 is 73.7 Å². The van der Waals surface area contributed by atoms with Crippen LogP contribution in [-0.4, -0.2) is 124 Å². The van der Waals surface area contributed by atoms with Gasteiger partial charge in [0.05, 0.1) is 27.4 Å². The van der Waals surface area contributed by atoms with Crippen molar-refractivity contribution in [3.05, 3.63) is 40.6 Å². The summed E-state index contributed by atoms with van der Waals surface area (Å²) in [6.07, 6.45) is -14.2. The predicted octanol–water partition coefficient (Wildman–Crippen LogP) is -1.47. The molecule has 9 atom stereocenters. The number of methoxy groups -OCH3 is 2. The van der Waals surface area contributed by atoms with E-state index in [1.807, 2.05) is 0 Å². The lowest BCUT2D eigenvalue weighted by Gasteiger charge is -2.39. The van der Waals surface area contributed by atoms with Crippen LogP contribution in [0.4, 0.5) is 0 Å². The molecular formula is C28H32O16. The van der Waals surface area contributed by atoms with Gasteiger partial charge < -0.3 is 73.7 Å². The molecule has 0 amide bonds. The van der Waals surface area contributed by atoms with Crippen LogP contribution >= 0.6 is 0 Å². The summed E-state index contributed by atoms with van der Waals surface area (Å²) < 4.78 is 38.4. The lowest BCUT2D eigenvalue weighted by Crippen LogP contribution is -2.59. The highest BCUT2D eigenvalue weighted by Crippen LogP contribution is 2.40. The zero-order valence-corrected chi connectivity index (χ0v) is 23.3. The van der Waals surface area contributed by atoms with E-state index in [-0.39, 0.29) is 39.5 Å². The van der Waals surface area contributed by atoms with E-state index in [1.54, 1.807) is 0 Å². The van der Waals surface area contributed by atoms with E-state index in [9.17, 15) is 45.6 Å². The van der Waals surface area contributed by atoms with E-state index in [1.165, 1.54) is 44.6 Å². The van der Waals surface area contributed by atoms with Crippen LogP contribution in [0.5, 0.6) is 28.7 Å². The summed E-state index contributed by atoms with van der Waals surface area (Å²) in [4.78, 5) is 13.7. The monoisotopic (exact) mass is 624 g/mol. The molecule has 8 N–H and O–H groups in total. The van der Waals surface area contributed by atoms with Crippen LogP contribution in [0, 0.1) is 0 Å². The number of hydrogen-bond donors (Lipinski definition) is 8. The molecule has 2 saturated heterocycles. The minimum atomic E-state index is -1.75. The second kappa shape index (κ2) is 12.7. The molecule has 16 heteroatoms. The van der Waals surface area contributed by atoms with Crippen molar-refractivity contribution in [3.63, 3.8) is 0 Å². The fourth-order valence-electron chi connectivity index (χ4n) is 4.95. The van der Waals surface area contributed by atoms with Crippen LogP contribution in [-0.2, 0) is 14.2 Å². The zero-order valence-electron chi connectivity index (χ0n) is 23.3. The Balaban J connectivity index is 1.45. The van der Waals surface area contributed by atoms with E-state index in [0.29, 0.717) is 0 Å². The normalized spacial score (nSPS) is 30.4. The van der Waals surface area contributed by atoms with E-state index >= 15 is 0 Å². The summed E-state index contributed by atoms with van der Waals surface area (Å²) in [6.45, 7) is -1.22. The van der Waals surface area contributed by atoms with E-state index in [2.05, 4.69) is 0 Å². The SMILES string of the molecule is COc1cc(O)c2c(=O)c(O[C@H]3O[C@@H](CO[C@@H]4O[C@H](CO)[C@@H](O)[C@H](O)[C@H]4O)[C@@H](O)[C@H]3O)c(-c3ccc(O)c(OC)c3)oc2c1. The molecule has 2 aliphatic heterocycles. The summed E-state index contributed by atoms with van der Waals surface area (Å²) in [7, 11) is 2.66. The van der Waals surface area contributed by atoms with Crippen LogP contribution in [0.1, 0.15) is 0 Å². The van der Waals surface area contributed by atoms with Gasteiger partial charge in [-0.3, -0.25) is 4.79 Å². The number of phenols is 2. The van der Waals surface area contributed by atoms with Gasteiger partial charge in [0.2, 0.25) is 17.5 Å². The maximum Gasteiger partial charge on any atom is 0.239 e. The van der Waals surface area contributed by atoms with E-state index in [0.717, 1.165) is 0 Å². The van der Waals surface area contributed by atoms with Gasteiger partial charge in [-0.2, -0.15) is 0 Å². The maximum atomic E-state index is 13.7. The zero-order chi connectivity index (χ0) is 31.9. The molecular weight excluding hydrogens is 592 g/mol. The first-order valence-electron chi connectivity index (χ1n) is 13.3. The molecule has 2 aromatic carbocycles. The molecule has 3 heterocycles.